The van der Waals surface area contributed by atoms with Crippen molar-refractivity contribution in [3.63, 3.8) is 0 Å². The van der Waals surface area contributed by atoms with E-state index in [0.29, 0.717) is 28.2 Å². The highest BCUT2D eigenvalue weighted by atomic mass is 32.1. The summed E-state index contributed by atoms with van der Waals surface area (Å²) in [5.41, 5.74) is 0.355. The number of amides is 1. The predicted molar refractivity (Wildman–Crippen MR) is 92.5 cm³/mol. The Labute approximate surface area is 148 Å². The maximum atomic E-state index is 14.2. The van der Waals surface area contributed by atoms with Gasteiger partial charge in [0.15, 0.2) is 4.80 Å². The molecule has 0 fully saturated rings. The normalized spacial score (nSPS) is 12.0. The van der Waals surface area contributed by atoms with Gasteiger partial charge in [0.25, 0.3) is 5.91 Å². The van der Waals surface area contributed by atoms with Gasteiger partial charge in [-0.1, -0.05) is 28.7 Å². The Bertz CT molecular complexity index is 1020. The van der Waals surface area contributed by atoms with Gasteiger partial charge in [0.2, 0.25) is 0 Å². The second kappa shape index (κ2) is 7.21. The molecule has 130 valence electrons. The van der Waals surface area contributed by atoms with Crippen LogP contribution in [0, 0.1) is 15.9 Å². The van der Waals surface area contributed by atoms with Crippen molar-refractivity contribution in [3.8, 4) is 0 Å². The average Bonchev–Trinajstić information content (AvgIpc) is 3.18. The SMILES string of the molecule is COCCn1c(=NC(=O)c2ccc([N+](=O)[O-])s2)sc2cccc(F)c21. The van der Waals surface area contributed by atoms with Crippen LogP contribution in [-0.4, -0.2) is 29.1 Å². The largest absolute Gasteiger partial charge is 0.383 e. The Morgan fingerprint density at radius 2 is 2.16 bits per heavy atom. The van der Waals surface area contributed by atoms with E-state index in [1.807, 2.05) is 0 Å². The van der Waals surface area contributed by atoms with E-state index < -0.39 is 16.6 Å². The lowest BCUT2D eigenvalue weighted by atomic mass is 10.3. The number of aromatic nitrogens is 1. The number of benzene rings is 1. The van der Waals surface area contributed by atoms with E-state index in [2.05, 4.69) is 4.99 Å². The standard InChI is InChI=1S/C15H12FN3O4S2/c1-23-8-7-18-13-9(16)3-2-4-10(13)25-15(18)17-14(20)11-5-6-12(24-11)19(21)22/h2-6H,7-8H2,1H3. The number of halogens is 1. The summed E-state index contributed by atoms with van der Waals surface area (Å²) >= 11 is 1.93. The van der Waals surface area contributed by atoms with Crippen LogP contribution in [0.5, 0.6) is 0 Å². The molecule has 0 aliphatic rings. The van der Waals surface area contributed by atoms with Gasteiger partial charge in [-0.05, 0) is 18.2 Å². The van der Waals surface area contributed by atoms with E-state index in [0.717, 1.165) is 11.3 Å². The lowest BCUT2D eigenvalue weighted by molar-refractivity contribution is -0.380. The summed E-state index contributed by atoms with van der Waals surface area (Å²) in [4.78, 5) is 27.0. The molecule has 0 spiro atoms. The first-order chi connectivity index (χ1) is 12.0. The van der Waals surface area contributed by atoms with Crippen molar-refractivity contribution >= 4 is 43.8 Å². The van der Waals surface area contributed by atoms with Crippen molar-refractivity contribution in [1.82, 2.24) is 4.57 Å². The van der Waals surface area contributed by atoms with Crippen molar-refractivity contribution in [1.29, 1.82) is 0 Å². The lowest BCUT2D eigenvalue weighted by Crippen LogP contribution is -2.19. The molecular weight excluding hydrogens is 369 g/mol. The molecule has 0 atom stereocenters. The van der Waals surface area contributed by atoms with Gasteiger partial charge in [0.1, 0.15) is 10.7 Å². The van der Waals surface area contributed by atoms with Gasteiger partial charge in [0, 0.05) is 19.7 Å². The van der Waals surface area contributed by atoms with Crippen LogP contribution in [0.4, 0.5) is 9.39 Å². The van der Waals surface area contributed by atoms with Gasteiger partial charge in [0.05, 0.1) is 21.7 Å². The molecular formula is C15H12FN3O4S2. The molecule has 0 bridgehead atoms. The van der Waals surface area contributed by atoms with Crippen LogP contribution in [0.2, 0.25) is 0 Å². The molecule has 0 aliphatic carbocycles. The minimum Gasteiger partial charge on any atom is -0.383 e. The molecule has 1 amide bonds. The Hall–Kier alpha value is -2.43. The van der Waals surface area contributed by atoms with E-state index in [-0.39, 0.29) is 9.88 Å². The number of fused-ring (bicyclic) bond motifs is 1. The van der Waals surface area contributed by atoms with Crippen molar-refractivity contribution in [2.45, 2.75) is 6.54 Å². The molecule has 2 aromatic heterocycles. The first-order valence-corrected chi connectivity index (χ1v) is 8.74. The molecule has 3 aromatic rings. The Morgan fingerprint density at radius 3 is 2.84 bits per heavy atom. The summed E-state index contributed by atoms with van der Waals surface area (Å²) in [6, 6.07) is 7.29. The third-order valence-electron chi connectivity index (χ3n) is 3.35. The number of carbonyl (C=O) groups excluding carboxylic acids is 1. The number of para-hydroxylation sites is 1. The molecule has 10 heteroatoms. The van der Waals surface area contributed by atoms with Gasteiger partial charge in [-0.15, -0.1) is 0 Å². The van der Waals surface area contributed by atoms with Crippen LogP contribution < -0.4 is 4.80 Å². The fourth-order valence-electron chi connectivity index (χ4n) is 2.24. The van der Waals surface area contributed by atoms with Crippen LogP contribution in [0.15, 0.2) is 35.3 Å². The number of hydrogen-bond acceptors (Lipinski definition) is 6. The monoisotopic (exact) mass is 381 g/mol. The molecule has 0 saturated carbocycles. The third kappa shape index (κ3) is 3.50. The van der Waals surface area contributed by atoms with Gasteiger partial charge in [-0.25, -0.2) is 4.39 Å². The zero-order valence-electron chi connectivity index (χ0n) is 13.0. The van der Waals surface area contributed by atoms with E-state index in [1.54, 1.807) is 16.7 Å². The van der Waals surface area contributed by atoms with E-state index in [4.69, 9.17) is 4.74 Å². The molecule has 7 nitrogen and oxygen atoms in total. The number of carbonyl (C=O) groups is 1. The fraction of sp³-hybridized carbons (Fsp3) is 0.200. The molecule has 0 N–H and O–H groups in total. The highest BCUT2D eigenvalue weighted by molar-refractivity contribution is 7.17. The fourth-order valence-corrected chi connectivity index (χ4v) is 4.02. The zero-order chi connectivity index (χ0) is 18.0. The summed E-state index contributed by atoms with van der Waals surface area (Å²) in [5.74, 6) is -1.01. The van der Waals surface area contributed by atoms with Gasteiger partial charge < -0.3 is 9.30 Å². The minimum atomic E-state index is -0.601. The second-order valence-corrected chi connectivity index (χ2v) is 7.00. The Morgan fingerprint density at radius 1 is 1.36 bits per heavy atom. The Kier molecular flexibility index (Phi) is 5.02. The average molecular weight is 381 g/mol. The number of thiophene rings is 1. The Balaban J connectivity index is 2.09. The van der Waals surface area contributed by atoms with Crippen LogP contribution >= 0.6 is 22.7 Å². The number of nitrogens with zero attached hydrogens (tertiary/aromatic N) is 3. The quantitative estimate of drug-likeness (QED) is 0.502. The van der Waals surface area contributed by atoms with E-state index >= 15 is 0 Å². The van der Waals surface area contributed by atoms with Gasteiger partial charge in [-0.3, -0.25) is 14.9 Å². The summed E-state index contributed by atoms with van der Waals surface area (Å²) in [7, 11) is 1.53. The molecule has 0 saturated heterocycles. The van der Waals surface area contributed by atoms with Crippen molar-refractivity contribution in [2.24, 2.45) is 4.99 Å². The van der Waals surface area contributed by atoms with E-state index in [9.17, 15) is 19.3 Å². The number of ether oxygens (including phenoxy) is 1. The first kappa shape index (κ1) is 17.4. The van der Waals surface area contributed by atoms with Crippen molar-refractivity contribution in [2.75, 3.05) is 13.7 Å². The molecule has 0 unspecified atom stereocenters. The van der Waals surface area contributed by atoms with Gasteiger partial charge >= 0.3 is 5.00 Å². The van der Waals surface area contributed by atoms with Crippen LogP contribution in [-0.2, 0) is 11.3 Å². The molecule has 1 aromatic carbocycles. The zero-order valence-corrected chi connectivity index (χ0v) is 14.6. The highest BCUT2D eigenvalue weighted by Gasteiger charge is 2.16. The van der Waals surface area contributed by atoms with E-state index in [1.165, 1.54) is 36.6 Å². The van der Waals surface area contributed by atoms with Crippen molar-refractivity contribution < 1.29 is 18.8 Å². The van der Waals surface area contributed by atoms with Crippen molar-refractivity contribution in [3.05, 3.63) is 55.9 Å². The van der Waals surface area contributed by atoms with Crippen LogP contribution in [0.1, 0.15) is 9.67 Å². The topological polar surface area (TPSA) is 86.7 Å². The highest BCUT2D eigenvalue weighted by Crippen LogP contribution is 2.25. The third-order valence-corrected chi connectivity index (χ3v) is 5.42. The summed E-state index contributed by atoms with van der Waals surface area (Å²) < 4.78 is 21.5. The number of rotatable bonds is 5. The second-order valence-electron chi connectivity index (χ2n) is 4.93. The summed E-state index contributed by atoms with van der Waals surface area (Å²) in [6.07, 6.45) is 0. The van der Waals surface area contributed by atoms with Crippen LogP contribution in [0.3, 0.4) is 0 Å². The summed E-state index contributed by atoms with van der Waals surface area (Å²) in [5, 5.41) is 10.6. The molecule has 3 rings (SSSR count). The smallest absolute Gasteiger partial charge is 0.324 e. The number of methoxy groups -OCH3 is 1. The lowest BCUT2D eigenvalue weighted by Gasteiger charge is -2.04. The number of nitro groups is 1. The molecule has 0 aliphatic heterocycles. The molecule has 2 heterocycles. The molecule has 0 radical (unpaired) electrons. The first-order valence-electron chi connectivity index (χ1n) is 7.11. The molecule has 25 heavy (non-hydrogen) atoms. The maximum Gasteiger partial charge on any atom is 0.324 e. The number of hydrogen-bond donors (Lipinski definition) is 0. The maximum absolute atomic E-state index is 14.2. The number of thiazole rings is 1. The van der Waals surface area contributed by atoms with Gasteiger partial charge in [-0.2, -0.15) is 4.99 Å². The predicted octanol–water partition coefficient (Wildman–Crippen LogP) is 3.20. The summed E-state index contributed by atoms with van der Waals surface area (Å²) in [6.45, 7) is 0.653. The minimum absolute atomic E-state index is 0.131. The van der Waals surface area contributed by atoms with Crippen LogP contribution in [0.25, 0.3) is 10.2 Å².